The van der Waals surface area contributed by atoms with Gasteiger partial charge in [-0.05, 0) is 39.0 Å². The number of hydrogen-bond donors (Lipinski definition) is 0. The molecule has 0 radical (unpaired) electrons. The van der Waals surface area contributed by atoms with Gasteiger partial charge >= 0.3 is 0 Å². The average molecular weight is 275 g/mol. The van der Waals surface area contributed by atoms with E-state index in [1.165, 1.54) is 11.8 Å². The van der Waals surface area contributed by atoms with E-state index in [1.807, 2.05) is 20.8 Å². The molecule has 0 aliphatic rings. The quantitative estimate of drug-likeness (QED) is 0.721. The summed E-state index contributed by atoms with van der Waals surface area (Å²) in [5.74, 6) is 0. The molecule has 0 saturated heterocycles. The van der Waals surface area contributed by atoms with Crippen LogP contribution in [0.15, 0.2) is 12.2 Å². The summed E-state index contributed by atoms with van der Waals surface area (Å²) in [5, 5.41) is 0. The van der Waals surface area contributed by atoms with Crippen LogP contribution in [-0.4, -0.2) is 31.1 Å². The Hall–Kier alpha value is -0.350. The molecule has 0 atom stereocenters. The predicted molar refractivity (Wildman–Crippen MR) is 79.1 cm³/mol. The molecule has 0 bridgehead atoms. The Morgan fingerprint density at radius 1 is 1.11 bits per heavy atom. The summed E-state index contributed by atoms with van der Waals surface area (Å²) in [6, 6.07) is 0. The van der Waals surface area contributed by atoms with Crippen LogP contribution < -0.4 is 0 Å². The summed E-state index contributed by atoms with van der Waals surface area (Å²) < 4.78 is 25.1. The highest BCUT2D eigenvalue weighted by Crippen LogP contribution is 2.28. The summed E-state index contributed by atoms with van der Waals surface area (Å²) in [6.45, 7) is 16.8. The molecule has 0 aliphatic carbocycles. The van der Waals surface area contributed by atoms with E-state index in [2.05, 4.69) is 27.4 Å². The molecule has 0 aromatic carbocycles. The Kier molecular flexibility index (Phi) is 5.63. The van der Waals surface area contributed by atoms with Crippen molar-refractivity contribution in [3.63, 3.8) is 0 Å². The zero-order chi connectivity index (χ0) is 14.8. The summed E-state index contributed by atoms with van der Waals surface area (Å²) in [5.41, 5.74) is 0.902. The monoisotopic (exact) mass is 275 g/mol. The van der Waals surface area contributed by atoms with Gasteiger partial charge in [0.15, 0.2) is 0 Å². The highest BCUT2D eigenvalue weighted by molar-refractivity contribution is 7.88. The molecule has 0 amide bonds. The van der Waals surface area contributed by atoms with Gasteiger partial charge in [-0.1, -0.05) is 32.9 Å². The molecular formula is C14H29NO2S. The zero-order valence-electron chi connectivity index (χ0n) is 13.0. The van der Waals surface area contributed by atoms with Gasteiger partial charge in [0.05, 0.1) is 6.26 Å². The highest BCUT2D eigenvalue weighted by atomic mass is 32.2. The summed E-state index contributed by atoms with van der Waals surface area (Å²) in [4.78, 5) is 0. The minimum atomic E-state index is -3.15. The van der Waals surface area contributed by atoms with E-state index in [1.54, 1.807) is 4.31 Å². The molecule has 108 valence electrons. The first kappa shape index (κ1) is 17.6. The molecule has 0 aromatic rings. The van der Waals surface area contributed by atoms with E-state index in [-0.39, 0.29) is 11.0 Å². The fourth-order valence-corrected chi connectivity index (χ4v) is 3.27. The molecule has 3 nitrogen and oxygen atoms in total. The summed E-state index contributed by atoms with van der Waals surface area (Å²) in [6.07, 6.45) is 2.96. The topological polar surface area (TPSA) is 37.4 Å². The second-order valence-corrected chi connectivity index (χ2v) is 8.87. The summed E-state index contributed by atoms with van der Waals surface area (Å²) >= 11 is 0. The summed E-state index contributed by atoms with van der Waals surface area (Å²) in [7, 11) is -3.15. The Labute approximate surface area is 113 Å². The number of nitrogens with zero attached hydrogens (tertiary/aromatic N) is 1. The van der Waals surface area contributed by atoms with Crippen molar-refractivity contribution in [2.75, 3.05) is 12.8 Å². The maximum atomic E-state index is 11.8. The molecule has 0 aliphatic heterocycles. The average Bonchev–Trinajstić information content (AvgIpc) is 2.05. The third-order valence-electron chi connectivity index (χ3n) is 3.05. The van der Waals surface area contributed by atoms with Crippen LogP contribution in [0.2, 0.25) is 0 Å². The van der Waals surface area contributed by atoms with Gasteiger partial charge < -0.3 is 0 Å². The third-order valence-corrected chi connectivity index (χ3v) is 4.58. The van der Waals surface area contributed by atoms with Gasteiger partial charge in [-0.3, -0.25) is 0 Å². The molecule has 0 unspecified atom stereocenters. The largest absolute Gasteiger partial charge is 0.212 e. The van der Waals surface area contributed by atoms with Gasteiger partial charge in [-0.25, -0.2) is 8.42 Å². The Morgan fingerprint density at radius 2 is 1.56 bits per heavy atom. The molecule has 0 rings (SSSR count). The maximum absolute atomic E-state index is 11.8. The van der Waals surface area contributed by atoms with Crippen molar-refractivity contribution in [2.24, 2.45) is 5.41 Å². The van der Waals surface area contributed by atoms with Crippen LogP contribution in [0.25, 0.3) is 0 Å². The van der Waals surface area contributed by atoms with Crippen molar-refractivity contribution in [3.05, 3.63) is 12.2 Å². The van der Waals surface area contributed by atoms with Crippen LogP contribution in [-0.2, 0) is 10.0 Å². The zero-order valence-corrected chi connectivity index (χ0v) is 13.8. The molecule has 0 N–H and O–H groups in total. The lowest BCUT2D eigenvalue weighted by molar-refractivity contribution is 0.247. The second kappa shape index (κ2) is 5.74. The third kappa shape index (κ3) is 6.01. The Morgan fingerprint density at radius 3 is 1.83 bits per heavy atom. The molecule has 0 heterocycles. The van der Waals surface area contributed by atoms with Crippen molar-refractivity contribution < 1.29 is 8.42 Å². The van der Waals surface area contributed by atoms with Crippen molar-refractivity contribution in [2.45, 2.75) is 59.9 Å². The maximum Gasteiger partial charge on any atom is 0.211 e. The van der Waals surface area contributed by atoms with Gasteiger partial charge in [0.25, 0.3) is 0 Å². The lowest BCUT2D eigenvalue weighted by atomic mass is 9.85. The minimum Gasteiger partial charge on any atom is -0.212 e. The Balaban J connectivity index is 4.55. The highest BCUT2D eigenvalue weighted by Gasteiger charge is 2.29. The fourth-order valence-electron chi connectivity index (χ4n) is 1.81. The minimum absolute atomic E-state index is 0.0949. The van der Waals surface area contributed by atoms with E-state index < -0.39 is 10.0 Å². The number of rotatable bonds is 5. The molecular weight excluding hydrogens is 246 g/mol. The van der Waals surface area contributed by atoms with Gasteiger partial charge in [0.1, 0.15) is 0 Å². The van der Waals surface area contributed by atoms with Crippen LogP contribution in [0, 0.1) is 5.41 Å². The first-order valence-electron chi connectivity index (χ1n) is 6.42. The number of hydrogen-bond acceptors (Lipinski definition) is 2. The molecule has 0 spiro atoms. The molecule has 0 saturated carbocycles. The van der Waals surface area contributed by atoms with E-state index in [9.17, 15) is 8.42 Å². The van der Waals surface area contributed by atoms with Gasteiger partial charge in [-0.15, -0.1) is 0 Å². The van der Waals surface area contributed by atoms with Crippen LogP contribution >= 0.6 is 0 Å². The number of sulfonamides is 1. The normalized spacial score (nSPS) is 14.0. The number of allylic oxidation sites excluding steroid dienone is 1. The van der Waals surface area contributed by atoms with Gasteiger partial charge in [-0.2, -0.15) is 4.31 Å². The van der Waals surface area contributed by atoms with Gasteiger partial charge in [0.2, 0.25) is 10.0 Å². The molecule has 0 fully saturated rings. The standard InChI is InChI=1S/C14H29NO2S/c1-12(13(2,3)4)10-9-11-15(14(5,6)7)18(8,16)17/h1,9-11H2,2-8H3. The van der Waals surface area contributed by atoms with Crippen molar-refractivity contribution in [1.29, 1.82) is 0 Å². The lowest BCUT2D eigenvalue weighted by Crippen LogP contribution is -2.45. The van der Waals surface area contributed by atoms with Gasteiger partial charge in [0, 0.05) is 12.1 Å². The van der Waals surface area contributed by atoms with Crippen molar-refractivity contribution in [1.82, 2.24) is 4.31 Å². The van der Waals surface area contributed by atoms with Crippen LogP contribution in [0.3, 0.4) is 0 Å². The van der Waals surface area contributed by atoms with Crippen LogP contribution in [0.4, 0.5) is 0 Å². The van der Waals surface area contributed by atoms with Crippen molar-refractivity contribution in [3.8, 4) is 0 Å². The Bertz CT molecular complexity index is 383. The molecule has 0 aromatic heterocycles. The molecule has 4 heteroatoms. The first-order valence-corrected chi connectivity index (χ1v) is 8.27. The van der Waals surface area contributed by atoms with E-state index in [0.29, 0.717) is 6.54 Å². The van der Waals surface area contributed by atoms with Crippen molar-refractivity contribution >= 4 is 10.0 Å². The lowest BCUT2D eigenvalue weighted by Gasteiger charge is -2.33. The van der Waals surface area contributed by atoms with E-state index in [4.69, 9.17) is 0 Å². The fraction of sp³-hybridized carbons (Fsp3) is 0.857. The molecule has 18 heavy (non-hydrogen) atoms. The van der Waals surface area contributed by atoms with Crippen LogP contribution in [0.5, 0.6) is 0 Å². The van der Waals surface area contributed by atoms with E-state index >= 15 is 0 Å². The smallest absolute Gasteiger partial charge is 0.211 e. The van der Waals surface area contributed by atoms with E-state index in [0.717, 1.165) is 12.8 Å². The predicted octanol–water partition coefficient (Wildman–Crippen LogP) is 3.43. The SMILES string of the molecule is C=C(CCCN(C(C)(C)C)S(C)(=O)=O)C(C)(C)C. The van der Waals surface area contributed by atoms with Crippen LogP contribution in [0.1, 0.15) is 54.4 Å². The second-order valence-electron chi connectivity index (χ2n) is 6.96. The first-order chi connectivity index (χ1) is 7.76.